The van der Waals surface area contributed by atoms with E-state index in [9.17, 15) is 5.11 Å². The molecule has 2 aliphatic rings. The van der Waals surface area contributed by atoms with Crippen LogP contribution in [0.2, 0.25) is 5.02 Å². The summed E-state index contributed by atoms with van der Waals surface area (Å²) < 4.78 is 26.0. The van der Waals surface area contributed by atoms with Crippen LogP contribution >= 0.6 is 22.9 Å². The smallest absolute Gasteiger partial charge is 0.228 e. The number of fused-ring (bicyclic) bond motifs is 1. The predicted octanol–water partition coefficient (Wildman–Crippen LogP) is 3.97. The van der Waals surface area contributed by atoms with Gasteiger partial charge < -0.3 is 14.7 Å². The number of nitrogens with zero attached hydrogens (tertiary/aromatic N) is 7. The molecule has 1 saturated heterocycles. The van der Waals surface area contributed by atoms with Crippen LogP contribution in [0.3, 0.4) is 0 Å². The Balaban J connectivity index is 1.47. The fourth-order valence-electron chi connectivity index (χ4n) is 4.77. The molecule has 0 radical (unpaired) electrons. The van der Waals surface area contributed by atoms with Gasteiger partial charge in [-0.25, -0.2) is 9.37 Å². The number of benzene rings is 1. The number of ether oxygens (including phenoxy) is 1. The van der Waals surface area contributed by atoms with Crippen molar-refractivity contribution >= 4 is 39.2 Å². The van der Waals surface area contributed by atoms with Gasteiger partial charge in [-0.3, -0.25) is 14.2 Å². The molecule has 1 aliphatic carbocycles. The summed E-state index contributed by atoms with van der Waals surface area (Å²) in [4.78, 5) is 16.9. The molecule has 6 rings (SSSR count). The summed E-state index contributed by atoms with van der Waals surface area (Å²) in [5, 5.41) is 14.6. The van der Waals surface area contributed by atoms with Gasteiger partial charge in [-0.15, -0.1) is 0 Å². The zero-order valence-electron chi connectivity index (χ0n) is 20.5. The monoisotopic (exact) mass is 543 g/mol. The number of morpholine rings is 1. The van der Waals surface area contributed by atoms with Gasteiger partial charge in [-0.2, -0.15) is 10.1 Å². The number of hydrogen-bond donors (Lipinski definition) is 1. The molecule has 0 spiro atoms. The molecule has 2 fully saturated rings. The average molecular weight is 544 g/mol. The molecule has 1 N–H and O–H groups in total. The Labute approximate surface area is 221 Å². The van der Waals surface area contributed by atoms with Gasteiger partial charge in [0.1, 0.15) is 16.6 Å². The maximum atomic E-state index is 15.1. The number of aliphatic hydroxyl groups excluding tert-OH is 1. The Morgan fingerprint density at radius 2 is 2.11 bits per heavy atom. The van der Waals surface area contributed by atoms with E-state index in [-0.39, 0.29) is 18.8 Å². The summed E-state index contributed by atoms with van der Waals surface area (Å²) >= 11 is 7.41. The Morgan fingerprint density at radius 3 is 2.84 bits per heavy atom. The minimum absolute atomic E-state index is 0.0775. The third-order valence-electron chi connectivity index (χ3n) is 6.67. The number of hydrogen-bond acceptors (Lipinski definition) is 8. The maximum Gasteiger partial charge on any atom is 0.228 e. The van der Waals surface area contributed by atoms with Gasteiger partial charge in [0, 0.05) is 35.9 Å². The SMILES string of the molecule is CN=c1sc2c(-c3ccc(Cl)cc3F)nc(N3CC(C)OC(c4cnn(C5CC5)c4)C3)nc2n1CCO. The molecule has 1 aromatic carbocycles. The zero-order valence-corrected chi connectivity index (χ0v) is 22.1. The molecule has 9 nitrogen and oxygen atoms in total. The molecule has 4 heterocycles. The van der Waals surface area contributed by atoms with E-state index >= 15 is 4.39 Å². The number of halogens is 2. The second-order valence-electron chi connectivity index (χ2n) is 9.46. The molecule has 2 unspecified atom stereocenters. The molecule has 2 atom stereocenters. The fraction of sp³-hybridized carbons (Fsp3) is 0.440. The van der Waals surface area contributed by atoms with Crippen LogP contribution in [0, 0.1) is 5.82 Å². The van der Waals surface area contributed by atoms with Crippen molar-refractivity contribution in [2.75, 3.05) is 31.6 Å². The molecular formula is C25H27ClFN7O2S. The molecule has 194 valence electrons. The Bertz CT molecular complexity index is 1530. The first-order valence-corrected chi connectivity index (χ1v) is 13.5. The summed E-state index contributed by atoms with van der Waals surface area (Å²) in [7, 11) is 1.69. The van der Waals surface area contributed by atoms with Gasteiger partial charge in [0.2, 0.25) is 5.95 Å². The first kappa shape index (κ1) is 24.5. The van der Waals surface area contributed by atoms with Crippen molar-refractivity contribution in [3.05, 3.63) is 51.8 Å². The lowest BCUT2D eigenvalue weighted by Crippen LogP contribution is -2.43. The zero-order chi connectivity index (χ0) is 25.7. The summed E-state index contributed by atoms with van der Waals surface area (Å²) in [5.41, 5.74) is 2.43. The van der Waals surface area contributed by atoms with Crippen molar-refractivity contribution < 1.29 is 14.2 Å². The van der Waals surface area contributed by atoms with E-state index in [1.807, 2.05) is 22.4 Å². The van der Waals surface area contributed by atoms with Gasteiger partial charge in [-0.1, -0.05) is 22.9 Å². The fourth-order valence-corrected chi connectivity index (χ4v) is 5.99. The van der Waals surface area contributed by atoms with Gasteiger partial charge in [0.25, 0.3) is 0 Å². The van der Waals surface area contributed by atoms with E-state index in [0.717, 1.165) is 18.4 Å². The van der Waals surface area contributed by atoms with Crippen LogP contribution in [0.15, 0.2) is 35.6 Å². The maximum absolute atomic E-state index is 15.1. The number of aromatic nitrogens is 5. The molecule has 12 heteroatoms. The second-order valence-corrected chi connectivity index (χ2v) is 10.9. The molecule has 1 saturated carbocycles. The van der Waals surface area contributed by atoms with Crippen LogP contribution in [0.4, 0.5) is 10.3 Å². The lowest BCUT2D eigenvalue weighted by Gasteiger charge is -2.36. The van der Waals surface area contributed by atoms with Crippen molar-refractivity contribution in [3.63, 3.8) is 0 Å². The summed E-state index contributed by atoms with van der Waals surface area (Å²) in [5.74, 6) is 0.00925. The third kappa shape index (κ3) is 4.65. The second kappa shape index (κ2) is 9.79. The normalized spacial score (nSPS) is 20.8. The molecular weight excluding hydrogens is 517 g/mol. The van der Waals surface area contributed by atoms with Crippen LogP contribution in [-0.2, 0) is 11.3 Å². The molecule has 1 aliphatic heterocycles. The average Bonchev–Trinajstić information content (AvgIpc) is 3.50. The number of aliphatic hydroxyl groups is 1. The predicted molar refractivity (Wildman–Crippen MR) is 140 cm³/mol. The van der Waals surface area contributed by atoms with Crippen LogP contribution in [0.25, 0.3) is 21.6 Å². The first-order chi connectivity index (χ1) is 17.9. The number of anilines is 1. The van der Waals surface area contributed by atoms with Gasteiger partial charge in [0.05, 0.1) is 43.7 Å². The lowest BCUT2D eigenvalue weighted by molar-refractivity contribution is -0.0178. The molecule has 0 amide bonds. The van der Waals surface area contributed by atoms with Gasteiger partial charge in [-0.05, 0) is 38.0 Å². The highest BCUT2D eigenvalue weighted by Crippen LogP contribution is 2.37. The van der Waals surface area contributed by atoms with Crippen molar-refractivity contribution in [1.82, 2.24) is 24.3 Å². The van der Waals surface area contributed by atoms with Crippen LogP contribution < -0.4 is 9.70 Å². The Hall–Kier alpha value is -2.86. The third-order valence-corrected chi connectivity index (χ3v) is 8.08. The minimum Gasteiger partial charge on any atom is -0.395 e. The van der Waals surface area contributed by atoms with E-state index in [2.05, 4.69) is 21.2 Å². The van der Waals surface area contributed by atoms with Crippen molar-refractivity contribution in [2.45, 2.75) is 44.6 Å². The van der Waals surface area contributed by atoms with Crippen molar-refractivity contribution in [3.8, 4) is 11.3 Å². The standard InChI is InChI=1S/C25H27ClFN7O2S/c1-14-11-32(13-20(36-14)15-10-29-34(12-15)17-4-5-17)24-30-21(18-6-3-16(26)9-19(18)27)22-23(31-24)33(7-8-35)25(28-2)37-22/h3,6,9-10,12,14,17,20,35H,4-5,7-8,11,13H2,1-2H3. The van der Waals surface area contributed by atoms with Crippen LogP contribution in [-0.4, -0.2) is 62.3 Å². The number of thiazole rings is 1. The topological polar surface area (TPSA) is 93.6 Å². The van der Waals surface area contributed by atoms with Gasteiger partial charge >= 0.3 is 0 Å². The molecule has 37 heavy (non-hydrogen) atoms. The van der Waals surface area contributed by atoms with Crippen LogP contribution in [0.1, 0.15) is 37.5 Å². The molecule has 3 aromatic heterocycles. The highest BCUT2D eigenvalue weighted by atomic mass is 35.5. The van der Waals surface area contributed by atoms with Crippen molar-refractivity contribution in [1.29, 1.82) is 0 Å². The van der Waals surface area contributed by atoms with Gasteiger partial charge in [0.15, 0.2) is 10.4 Å². The summed E-state index contributed by atoms with van der Waals surface area (Å²) in [6, 6.07) is 5.07. The highest BCUT2D eigenvalue weighted by molar-refractivity contribution is 7.16. The van der Waals surface area contributed by atoms with E-state index in [1.54, 1.807) is 19.2 Å². The van der Waals surface area contributed by atoms with Crippen LogP contribution in [0.5, 0.6) is 0 Å². The summed E-state index contributed by atoms with van der Waals surface area (Å²) in [6.45, 7) is 3.37. The van der Waals surface area contributed by atoms with E-state index in [0.29, 0.717) is 63.1 Å². The number of rotatable bonds is 6. The summed E-state index contributed by atoms with van der Waals surface area (Å²) in [6.07, 6.45) is 5.99. The highest BCUT2D eigenvalue weighted by Gasteiger charge is 2.32. The lowest BCUT2D eigenvalue weighted by atomic mass is 10.1. The Kier molecular flexibility index (Phi) is 6.47. The van der Waals surface area contributed by atoms with Crippen molar-refractivity contribution in [2.24, 2.45) is 4.99 Å². The molecule has 0 bridgehead atoms. The largest absolute Gasteiger partial charge is 0.395 e. The Morgan fingerprint density at radius 1 is 1.27 bits per heavy atom. The minimum atomic E-state index is -0.462. The quantitative estimate of drug-likeness (QED) is 0.395. The van der Waals surface area contributed by atoms with E-state index < -0.39 is 5.82 Å². The molecule has 4 aromatic rings. The van der Waals surface area contributed by atoms with E-state index in [4.69, 9.17) is 26.3 Å². The van der Waals surface area contributed by atoms with E-state index in [1.165, 1.54) is 17.4 Å². The first-order valence-electron chi connectivity index (χ1n) is 12.3.